The van der Waals surface area contributed by atoms with Crippen LogP contribution in [0.3, 0.4) is 0 Å². The van der Waals surface area contributed by atoms with Crippen LogP contribution in [0.5, 0.6) is 0 Å². The zero-order valence-corrected chi connectivity index (χ0v) is 11.4. The van der Waals surface area contributed by atoms with Crippen LogP contribution in [0.1, 0.15) is 19.8 Å². The first-order chi connectivity index (χ1) is 9.61. The quantitative estimate of drug-likeness (QED) is 0.830. The Hall–Kier alpha value is -2.10. The number of anilines is 2. The maximum atomic E-state index is 12.3. The molecule has 0 saturated heterocycles. The maximum absolute atomic E-state index is 12.3. The molecule has 2 amide bonds. The Balaban J connectivity index is 1.61. The van der Waals surface area contributed by atoms with Crippen LogP contribution in [0.25, 0.3) is 0 Å². The summed E-state index contributed by atoms with van der Waals surface area (Å²) in [6.07, 6.45) is 6.51. The van der Waals surface area contributed by atoms with Crippen LogP contribution < -0.4 is 10.6 Å². The standard InChI is InChI=1S/C16H18N2O2/c1-10(19)17-13-4-6-14(7-5-13)18-16(20)15-9-11-2-3-12(15)8-11/h2-7,11-12,15H,8-9H2,1H3,(H,17,19)(H,18,20)/t11-,12-,15-/m0/s1. The Morgan fingerprint density at radius 3 is 2.15 bits per heavy atom. The molecular formula is C16H18N2O2. The molecule has 2 aliphatic carbocycles. The molecule has 104 valence electrons. The van der Waals surface area contributed by atoms with Crippen molar-refractivity contribution in [2.45, 2.75) is 19.8 Å². The van der Waals surface area contributed by atoms with Gasteiger partial charge >= 0.3 is 0 Å². The number of hydrogen-bond donors (Lipinski definition) is 2. The smallest absolute Gasteiger partial charge is 0.228 e. The summed E-state index contributed by atoms with van der Waals surface area (Å²) in [5.41, 5.74) is 1.51. The second-order valence-electron chi connectivity index (χ2n) is 5.63. The molecule has 0 heterocycles. The third kappa shape index (κ3) is 2.59. The van der Waals surface area contributed by atoms with Crippen molar-refractivity contribution in [1.29, 1.82) is 0 Å². The maximum Gasteiger partial charge on any atom is 0.228 e. The topological polar surface area (TPSA) is 58.2 Å². The highest BCUT2D eigenvalue weighted by Crippen LogP contribution is 2.43. The molecular weight excluding hydrogens is 252 g/mol. The fraction of sp³-hybridized carbons (Fsp3) is 0.375. The van der Waals surface area contributed by atoms with E-state index in [1.54, 1.807) is 12.1 Å². The predicted octanol–water partition coefficient (Wildman–Crippen LogP) is 2.80. The first kappa shape index (κ1) is 12.9. The average Bonchev–Trinajstić information content (AvgIpc) is 3.03. The summed E-state index contributed by atoms with van der Waals surface area (Å²) in [5.74, 6) is 1.13. The van der Waals surface area contributed by atoms with E-state index in [-0.39, 0.29) is 17.7 Å². The van der Waals surface area contributed by atoms with Gasteiger partial charge in [-0.2, -0.15) is 0 Å². The van der Waals surface area contributed by atoms with E-state index in [4.69, 9.17) is 0 Å². The third-order valence-corrected chi connectivity index (χ3v) is 4.09. The molecule has 2 bridgehead atoms. The minimum absolute atomic E-state index is 0.101. The zero-order valence-electron chi connectivity index (χ0n) is 11.4. The number of fused-ring (bicyclic) bond motifs is 2. The van der Waals surface area contributed by atoms with Gasteiger partial charge < -0.3 is 10.6 Å². The number of amides is 2. The van der Waals surface area contributed by atoms with E-state index in [2.05, 4.69) is 22.8 Å². The lowest BCUT2D eigenvalue weighted by Gasteiger charge is -2.17. The van der Waals surface area contributed by atoms with Gasteiger partial charge in [0.1, 0.15) is 0 Å². The van der Waals surface area contributed by atoms with Crippen LogP contribution >= 0.6 is 0 Å². The van der Waals surface area contributed by atoms with E-state index in [1.807, 2.05) is 12.1 Å². The number of allylic oxidation sites excluding steroid dienone is 2. The second kappa shape index (κ2) is 5.12. The molecule has 1 fully saturated rings. The van der Waals surface area contributed by atoms with Crippen LogP contribution in [0.15, 0.2) is 36.4 Å². The summed E-state index contributed by atoms with van der Waals surface area (Å²) >= 11 is 0. The van der Waals surface area contributed by atoms with Crippen molar-refractivity contribution in [2.75, 3.05) is 10.6 Å². The van der Waals surface area contributed by atoms with Crippen molar-refractivity contribution in [3.8, 4) is 0 Å². The van der Waals surface area contributed by atoms with Gasteiger partial charge in [0.15, 0.2) is 0 Å². The second-order valence-corrected chi connectivity index (χ2v) is 5.63. The Morgan fingerprint density at radius 1 is 1.00 bits per heavy atom. The fourth-order valence-electron chi connectivity index (χ4n) is 3.16. The minimum Gasteiger partial charge on any atom is -0.326 e. The van der Waals surface area contributed by atoms with Gasteiger partial charge in [0, 0.05) is 24.2 Å². The average molecular weight is 270 g/mol. The lowest BCUT2D eigenvalue weighted by molar-refractivity contribution is -0.120. The molecule has 2 aliphatic rings. The normalized spacial score (nSPS) is 26.6. The molecule has 1 saturated carbocycles. The molecule has 2 N–H and O–H groups in total. The van der Waals surface area contributed by atoms with E-state index >= 15 is 0 Å². The number of carbonyl (C=O) groups excluding carboxylic acids is 2. The highest BCUT2D eigenvalue weighted by Gasteiger charge is 2.39. The van der Waals surface area contributed by atoms with Crippen LogP contribution in [0, 0.1) is 17.8 Å². The summed E-state index contributed by atoms with van der Waals surface area (Å²) < 4.78 is 0. The Kier molecular flexibility index (Phi) is 3.30. The van der Waals surface area contributed by atoms with Gasteiger partial charge in [0.25, 0.3) is 0 Å². The van der Waals surface area contributed by atoms with Gasteiger partial charge in [-0.1, -0.05) is 12.2 Å². The van der Waals surface area contributed by atoms with Gasteiger partial charge in [0.05, 0.1) is 0 Å². The Bertz CT molecular complexity index is 562. The molecule has 0 unspecified atom stereocenters. The molecule has 0 spiro atoms. The molecule has 3 atom stereocenters. The predicted molar refractivity (Wildman–Crippen MR) is 78.2 cm³/mol. The van der Waals surface area contributed by atoms with Gasteiger partial charge in [-0.25, -0.2) is 0 Å². The van der Waals surface area contributed by atoms with Crippen molar-refractivity contribution >= 4 is 23.2 Å². The van der Waals surface area contributed by atoms with Crippen LogP contribution in [-0.4, -0.2) is 11.8 Å². The van der Waals surface area contributed by atoms with E-state index in [0.29, 0.717) is 11.8 Å². The first-order valence-corrected chi connectivity index (χ1v) is 6.98. The number of nitrogens with one attached hydrogen (secondary N) is 2. The molecule has 1 aromatic rings. The van der Waals surface area contributed by atoms with Crippen LogP contribution in [0.4, 0.5) is 11.4 Å². The van der Waals surface area contributed by atoms with Gasteiger partial charge in [-0.15, -0.1) is 0 Å². The van der Waals surface area contributed by atoms with E-state index < -0.39 is 0 Å². The summed E-state index contributed by atoms with van der Waals surface area (Å²) in [4.78, 5) is 23.2. The molecule has 0 radical (unpaired) electrons. The largest absolute Gasteiger partial charge is 0.326 e. The van der Waals surface area contributed by atoms with E-state index in [1.165, 1.54) is 6.92 Å². The summed E-state index contributed by atoms with van der Waals surface area (Å²) in [5, 5.41) is 5.67. The minimum atomic E-state index is -0.101. The van der Waals surface area contributed by atoms with Gasteiger partial charge in [-0.05, 0) is 48.9 Å². The lowest BCUT2D eigenvalue weighted by Crippen LogP contribution is -2.25. The molecule has 20 heavy (non-hydrogen) atoms. The fourth-order valence-corrected chi connectivity index (χ4v) is 3.16. The number of benzene rings is 1. The van der Waals surface area contributed by atoms with Gasteiger partial charge in [-0.3, -0.25) is 9.59 Å². The third-order valence-electron chi connectivity index (χ3n) is 4.09. The van der Waals surface area contributed by atoms with Crippen molar-refractivity contribution in [2.24, 2.45) is 17.8 Å². The molecule has 4 heteroatoms. The van der Waals surface area contributed by atoms with Crippen molar-refractivity contribution in [1.82, 2.24) is 0 Å². The molecule has 0 aromatic heterocycles. The molecule has 4 nitrogen and oxygen atoms in total. The molecule has 3 rings (SSSR count). The van der Waals surface area contributed by atoms with Crippen molar-refractivity contribution in [3.63, 3.8) is 0 Å². The SMILES string of the molecule is CC(=O)Nc1ccc(NC(=O)[C@H]2C[C@H]3C=C[C@H]2C3)cc1. The highest BCUT2D eigenvalue weighted by atomic mass is 16.2. The highest BCUT2D eigenvalue weighted by molar-refractivity contribution is 5.94. The lowest BCUT2D eigenvalue weighted by atomic mass is 9.93. The first-order valence-electron chi connectivity index (χ1n) is 6.98. The van der Waals surface area contributed by atoms with Gasteiger partial charge in [0.2, 0.25) is 11.8 Å². The monoisotopic (exact) mass is 270 g/mol. The zero-order chi connectivity index (χ0) is 14.1. The summed E-state index contributed by atoms with van der Waals surface area (Å²) in [6, 6.07) is 7.20. The molecule has 0 aliphatic heterocycles. The van der Waals surface area contributed by atoms with Crippen molar-refractivity contribution in [3.05, 3.63) is 36.4 Å². The summed E-state index contributed by atoms with van der Waals surface area (Å²) in [6.45, 7) is 1.47. The number of rotatable bonds is 3. The van der Waals surface area contributed by atoms with E-state index in [9.17, 15) is 9.59 Å². The summed E-state index contributed by atoms with van der Waals surface area (Å²) in [7, 11) is 0. The van der Waals surface area contributed by atoms with E-state index in [0.717, 1.165) is 24.2 Å². The van der Waals surface area contributed by atoms with Crippen LogP contribution in [-0.2, 0) is 9.59 Å². The number of carbonyl (C=O) groups is 2. The molecule has 1 aromatic carbocycles. The Labute approximate surface area is 118 Å². The Morgan fingerprint density at radius 2 is 1.65 bits per heavy atom. The van der Waals surface area contributed by atoms with Crippen LogP contribution in [0.2, 0.25) is 0 Å². The van der Waals surface area contributed by atoms with Crippen molar-refractivity contribution < 1.29 is 9.59 Å². The number of hydrogen-bond acceptors (Lipinski definition) is 2.